The maximum atomic E-state index is 3.51. The summed E-state index contributed by atoms with van der Waals surface area (Å²) in [5, 5.41) is 2.69. The smallest absolute Gasteiger partial charge is 0.0433 e. The van der Waals surface area contributed by atoms with E-state index in [0.29, 0.717) is 0 Å². The van der Waals surface area contributed by atoms with Crippen molar-refractivity contribution >= 4 is 47.4 Å². The fourth-order valence-corrected chi connectivity index (χ4v) is 4.99. The molecule has 26 heavy (non-hydrogen) atoms. The Bertz CT molecular complexity index is 1230. The van der Waals surface area contributed by atoms with Crippen LogP contribution in [0.2, 0.25) is 0 Å². The van der Waals surface area contributed by atoms with Gasteiger partial charge in [0.15, 0.2) is 0 Å². The van der Waals surface area contributed by atoms with Crippen LogP contribution < -0.4 is 0 Å². The zero-order chi connectivity index (χ0) is 17.5. The van der Waals surface area contributed by atoms with Crippen LogP contribution in [0.4, 0.5) is 0 Å². The number of thiophene rings is 1. The first-order chi connectivity index (χ1) is 12.8. The van der Waals surface area contributed by atoms with E-state index in [4.69, 9.17) is 0 Å². The highest BCUT2D eigenvalue weighted by atomic mass is 79.9. The average molecular weight is 415 g/mol. The first-order valence-corrected chi connectivity index (χ1v) is 10.2. The van der Waals surface area contributed by atoms with Crippen molar-refractivity contribution in [1.29, 1.82) is 0 Å². The summed E-state index contributed by atoms with van der Waals surface area (Å²) in [5.41, 5.74) is 5.05. The second-order valence-corrected chi connectivity index (χ2v) is 8.34. The fraction of sp³-hybridized carbons (Fsp3) is 0. The Morgan fingerprint density at radius 3 is 2.19 bits per heavy atom. The van der Waals surface area contributed by atoms with Gasteiger partial charge in [-0.2, -0.15) is 0 Å². The summed E-state index contributed by atoms with van der Waals surface area (Å²) >= 11 is 5.39. The summed E-state index contributed by atoms with van der Waals surface area (Å²) in [6.45, 7) is 0. The zero-order valence-electron chi connectivity index (χ0n) is 13.9. The van der Waals surface area contributed by atoms with E-state index in [1.165, 1.54) is 42.4 Å². The van der Waals surface area contributed by atoms with Gasteiger partial charge >= 0.3 is 0 Å². The van der Waals surface area contributed by atoms with Crippen LogP contribution in [-0.4, -0.2) is 0 Å². The van der Waals surface area contributed by atoms with Gasteiger partial charge in [0.25, 0.3) is 0 Å². The summed E-state index contributed by atoms with van der Waals surface area (Å²) in [6.07, 6.45) is 0. The van der Waals surface area contributed by atoms with Crippen molar-refractivity contribution in [3.63, 3.8) is 0 Å². The van der Waals surface area contributed by atoms with Crippen LogP contribution in [0.3, 0.4) is 0 Å². The van der Waals surface area contributed by atoms with Gasteiger partial charge in [-0.05, 0) is 46.5 Å². The predicted molar refractivity (Wildman–Crippen MR) is 118 cm³/mol. The predicted octanol–water partition coefficient (Wildman–Crippen LogP) is 8.15. The quantitative estimate of drug-likeness (QED) is 0.273. The molecule has 4 aromatic carbocycles. The number of rotatable bonds is 2. The number of hydrogen-bond acceptors (Lipinski definition) is 1. The lowest BCUT2D eigenvalue weighted by Gasteiger charge is -2.07. The molecule has 0 spiro atoms. The van der Waals surface area contributed by atoms with Gasteiger partial charge in [-0.15, -0.1) is 11.3 Å². The van der Waals surface area contributed by atoms with Crippen LogP contribution in [-0.2, 0) is 0 Å². The summed E-state index contributed by atoms with van der Waals surface area (Å²) in [7, 11) is 0. The van der Waals surface area contributed by atoms with Gasteiger partial charge in [-0.25, -0.2) is 0 Å². The SMILES string of the molecule is Brc1ccc(-c2cccc(-c3cccc4c3sc3ccccc34)c2)cc1. The molecule has 0 aliphatic carbocycles. The molecule has 0 bridgehead atoms. The molecule has 0 aliphatic heterocycles. The van der Waals surface area contributed by atoms with Gasteiger partial charge in [0.1, 0.15) is 0 Å². The Kier molecular flexibility index (Phi) is 3.88. The van der Waals surface area contributed by atoms with Gasteiger partial charge in [0.05, 0.1) is 0 Å². The van der Waals surface area contributed by atoms with Gasteiger partial charge in [-0.3, -0.25) is 0 Å². The molecule has 2 heteroatoms. The van der Waals surface area contributed by atoms with Crippen molar-refractivity contribution in [1.82, 2.24) is 0 Å². The van der Waals surface area contributed by atoms with Gasteiger partial charge in [0.2, 0.25) is 0 Å². The second-order valence-electron chi connectivity index (χ2n) is 6.37. The molecule has 0 N–H and O–H groups in total. The van der Waals surface area contributed by atoms with Crippen LogP contribution in [0.1, 0.15) is 0 Å². The van der Waals surface area contributed by atoms with E-state index in [0.717, 1.165) is 4.47 Å². The monoisotopic (exact) mass is 414 g/mol. The van der Waals surface area contributed by atoms with Gasteiger partial charge in [-0.1, -0.05) is 82.7 Å². The number of hydrogen-bond donors (Lipinski definition) is 0. The molecule has 5 aromatic rings. The minimum Gasteiger partial charge on any atom is -0.135 e. The summed E-state index contributed by atoms with van der Waals surface area (Å²) < 4.78 is 3.81. The molecule has 0 amide bonds. The third-order valence-electron chi connectivity index (χ3n) is 4.76. The fourth-order valence-electron chi connectivity index (χ4n) is 3.48. The summed E-state index contributed by atoms with van der Waals surface area (Å²) in [6, 6.07) is 32.6. The van der Waals surface area contributed by atoms with Crippen molar-refractivity contribution < 1.29 is 0 Å². The molecule has 0 saturated carbocycles. The highest BCUT2D eigenvalue weighted by Crippen LogP contribution is 2.40. The Labute approximate surface area is 164 Å². The van der Waals surface area contributed by atoms with E-state index in [-0.39, 0.29) is 0 Å². The Morgan fingerprint density at radius 2 is 1.31 bits per heavy atom. The lowest BCUT2D eigenvalue weighted by atomic mass is 9.98. The molecule has 1 aromatic heterocycles. The number of benzene rings is 4. The van der Waals surface area contributed by atoms with E-state index in [1.54, 1.807) is 0 Å². The number of fused-ring (bicyclic) bond motifs is 3. The normalized spacial score (nSPS) is 11.3. The minimum absolute atomic E-state index is 1.10. The molecule has 0 aliphatic rings. The van der Waals surface area contributed by atoms with E-state index in [1.807, 2.05) is 11.3 Å². The second kappa shape index (κ2) is 6.39. The lowest BCUT2D eigenvalue weighted by Crippen LogP contribution is -1.82. The molecular formula is C24H15BrS. The maximum absolute atomic E-state index is 3.51. The molecule has 5 rings (SSSR count). The van der Waals surface area contributed by atoms with Crippen LogP contribution in [0.25, 0.3) is 42.4 Å². The van der Waals surface area contributed by atoms with Crippen molar-refractivity contribution in [2.24, 2.45) is 0 Å². The van der Waals surface area contributed by atoms with E-state index >= 15 is 0 Å². The van der Waals surface area contributed by atoms with Crippen LogP contribution >= 0.6 is 27.3 Å². The average Bonchev–Trinajstić information content (AvgIpc) is 3.07. The first-order valence-electron chi connectivity index (χ1n) is 8.56. The Hall–Kier alpha value is -2.42. The number of halogens is 1. The highest BCUT2D eigenvalue weighted by molar-refractivity contribution is 9.10. The maximum Gasteiger partial charge on any atom is 0.0433 e. The first kappa shape index (κ1) is 15.8. The van der Waals surface area contributed by atoms with E-state index in [9.17, 15) is 0 Å². The summed E-state index contributed by atoms with van der Waals surface area (Å²) in [5.74, 6) is 0. The van der Waals surface area contributed by atoms with Gasteiger partial charge in [0, 0.05) is 24.6 Å². The molecule has 0 fully saturated rings. The van der Waals surface area contributed by atoms with Crippen molar-refractivity contribution in [2.45, 2.75) is 0 Å². The zero-order valence-corrected chi connectivity index (χ0v) is 16.3. The van der Waals surface area contributed by atoms with Crippen LogP contribution in [0.5, 0.6) is 0 Å². The molecule has 0 atom stereocenters. The topological polar surface area (TPSA) is 0 Å². The molecule has 0 nitrogen and oxygen atoms in total. The standard InChI is InChI=1S/C24H15BrS/c25-19-13-11-16(12-14-19)17-5-3-6-18(15-17)20-8-4-9-22-21-7-1-2-10-23(21)26-24(20)22/h1-15H. The van der Waals surface area contributed by atoms with Crippen molar-refractivity contribution in [3.05, 3.63) is 95.5 Å². The largest absolute Gasteiger partial charge is 0.135 e. The van der Waals surface area contributed by atoms with Crippen molar-refractivity contribution in [2.75, 3.05) is 0 Å². The lowest BCUT2D eigenvalue weighted by molar-refractivity contribution is 1.59. The van der Waals surface area contributed by atoms with E-state index in [2.05, 4.69) is 107 Å². The summed E-state index contributed by atoms with van der Waals surface area (Å²) in [4.78, 5) is 0. The highest BCUT2D eigenvalue weighted by Gasteiger charge is 2.10. The van der Waals surface area contributed by atoms with Crippen LogP contribution in [0.15, 0.2) is 95.5 Å². The Morgan fingerprint density at radius 1 is 0.577 bits per heavy atom. The third-order valence-corrected chi connectivity index (χ3v) is 6.50. The Balaban J connectivity index is 1.71. The minimum atomic E-state index is 1.10. The van der Waals surface area contributed by atoms with Gasteiger partial charge < -0.3 is 0 Å². The molecule has 124 valence electrons. The molecule has 0 radical (unpaired) electrons. The van der Waals surface area contributed by atoms with Crippen LogP contribution in [0, 0.1) is 0 Å². The molecule has 0 unspecified atom stereocenters. The van der Waals surface area contributed by atoms with E-state index < -0.39 is 0 Å². The molecule has 1 heterocycles. The molecular weight excluding hydrogens is 400 g/mol. The third kappa shape index (κ3) is 2.66. The van der Waals surface area contributed by atoms with Crippen molar-refractivity contribution in [3.8, 4) is 22.3 Å². The molecule has 0 saturated heterocycles.